The molecule has 0 bridgehead atoms. The van der Waals surface area contributed by atoms with Gasteiger partial charge >= 0.3 is 0 Å². The van der Waals surface area contributed by atoms with E-state index in [0.29, 0.717) is 5.11 Å². The van der Waals surface area contributed by atoms with Gasteiger partial charge in [0.15, 0.2) is 5.11 Å². The highest BCUT2D eigenvalue weighted by atomic mass is 32.1. The topological polar surface area (TPSA) is 60.0 Å². The number of rotatable bonds is 10. The molecule has 8 heteroatoms. The van der Waals surface area contributed by atoms with E-state index in [1.807, 2.05) is 11.8 Å². The Morgan fingerprint density at radius 2 is 1.58 bits per heavy atom. The summed E-state index contributed by atoms with van der Waals surface area (Å²) in [6, 6.07) is 3.46. The van der Waals surface area contributed by atoms with Crippen molar-refractivity contribution in [3.8, 4) is 0 Å². The summed E-state index contributed by atoms with van der Waals surface area (Å²) >= 11 is 5.36. The Labute approximate surface area is 191 Å². The smallest absolute Gasteiger partial charge is 0.254 e. The Bertz CT molecular complexity index is 752. The second kappa shape index (κ2) is 11.5. The van der Waals surface area contributed by atoms with E-state index in [1.54, 1.807) is 36.5 Å². The van der Waals surface area contributed by atoms with Gasteiger partial charge in [0.25, 0.3) is 11.8 Å². The Morgan fingerprint density at radius 3 is 2.16 bits per heavy atom. The highest BCUT2D eigenvalue weighted by Gasteiger charge is 2.36. The number of likely N-dealkylation sites (N-methyl/N-ethyl adjacent to an activating group) is 1. The van der Waals surface area contributed by atoms with Gasteiger partial charge in [0, 0.05) is 57.7 Å². The van der Waals surface area contributed by atoms with Gasteiger partial charge in [0.2, 0.25) is 0 Å². The summed E-state index contributed by atoms with van der Waals surface area (Å²) in [4.78, 5) is 36.5. The SMILES string of the molecule is CC1C(=O)N(C)C(=S)N1CCCCCCCCN1CCN(C(=O)c2ccncc2)CC1. The number of hydrogen-bond acceptors (Lipinski definition) is 5. The molecule has 0 saturated carbocycles. The summed E-state index contributed by atoms with van der Waals surface area (Å²) in [5, 5.41) is 0.667. The molecule has 0 aromatic carbocycles. The van der Waals surface area contributed by atoms with Crippen molar-refractivity contribution in [2.24, 2.45) is 0 Å². The molecule has 0 spiro atoms. The van der Waals surface area contributed by atoms with Crippen LogP contribution in [0.15, 0.2) is 24.5 Å². The van der Waals surface area contributed by atoms with Crippen LogP contribution in [-0.4, -0.2) is 93.9 Å². The normalized spacial score (nSPS) is 20.1. The lowest BCUT2D eigenvalue weighted by Crippen LogP contribution is -2.48. The maximum absolute atomic E-state index is 12.5. The number of aromatic nitrogens is 1. The van der Waals surface area contributed by atoms with Crippen LogP contribution in [0.25, 0.3) is 0 Å². The van der Waals surface area contributed by atoms with Crippen LogP contribution in [0.2, 0.25) is 0 Å². The standard InChI is InChI=1S/C23H35N5O2S/c1-19-21(29)25(2)23(31)28(19)14-8-6-4-3-5-7-13-26-15-17-27(18-16-26)22(30)20-9-11-24-12-10-20/h9-12,19H,3-8,13-18H2,1-2H3. The molecule has 1 unspecified atom stereocenters. The van der Waals surface area contributed by atoms with E-state index >= 15 is 0 Å². The summed E-state index contributed by atoms with van der Waals surface area (Å²) < 4.78 is 0. The number of amides is 2. The second-order valence-electron chi connectivity index (χ2n) is 8.54. The summed E-state index contributed by atoms with van der Waals surface area (Å²) in [7, 11) is 1.76. The molecule has 7 nitrogen and oxygen atoms in total. The van der Waals surface area contributed by atoms with Gasteiger partial charge in [-0.25, -0.2) is 0 Å². The van der Waals surface area contributed by atoms with Crippen LogP contribution < -0.4 is 0 Å². The fourth-order valence-electron chi connectivity index (χ4n) is 4.33. The van der Waals surface area contributed by atoms with Gasteiger partial charge < -0.3 is 9.80 Å². The van der Waals surface area contributed by atoms with Crippen molar-refractivity contribution in [3.05, 3.63) is 30.1 Å². The van der Waals surface area contributed by atoms with Gasteiger partial charge in [-0.05, 0) is 50.7 Å². The number of carbonyl (C=O) groups excluding carboxylic acids is 2. The van der Waals surface area contributed by atoms with Gasteiger partial charge in [0.05, 0.1) is 0 Å². The summed E-state index contributed by atoms with van der Waals surface area (Å²) in [5.41, 5.74) is 0.725. The quantitative estimate of drug-likeness (QED) is 0.408. The van der Waals surface area contributed by atoms with Crippen LogP contribution >= 0.6 is 12.2 Å². The van der Waals surface area contributed by atoms with Crippen molar-refractivity contribution in [1.82, 2.24) is 24.6 Å². The minimum Gasteiger partial charge on any atom is -0.337 e. The van der Waals surface area contributed by atoms with E-state index in [9.17, 15) is 9.59 Å². The third kappa shape index (κ3) is 6.23. The molecule has 1 aromatic heterocycles. The minimum atomic E-state index is -0.113. The predicted molar refractivity (Wildman–Crippen MR) is 126 cm³/mol. The number of unbranched alkanes of at least 4 members (excludes halogenated alkanes) is 5. The number of piperazine rings is 1. The molecule has 3 heterocycles. The molecular formula is C23H35N5O2S. The molecule has 1 atom stereocenters. The van der Waals surface area contributed by atoms with Gasteiger partial charge in [-0.15, -0.1) is 0 Å². The number of thiocarbonyl (C=S) groups is 1. The molecule has 0 radical (unpaired) electrons. The first-order valence-electron chi connectivity index (χ1n) is 11.5. The first-order chi connectivity index (χ1) is 15.0. The van der Waals surface area contributed by atoms with Crippen molar-refractivity contribution in [3.63, 3.8) is 0 Å². The third-order valence-corrected chi connectivity index (χ3v) is 6.91. The lowest BCUT2D eigenvalue weighted by Gasteiger charge is -2.34. The average Bonchev–Trinajstić information content (AvgIpc) is 2.99. The maximum Gasteiger partial charge on any atom is 0.254 e. The molecule has 2 amide bonds. The molecular weight excluding hydrogens is 410 g/mol. The van der Waals surface area contributed by atoms with Crippen LogP contribution in [0.4, 0.5) is 0 Å². The van der Waals surface area contributed by atoms with Gasteiger partial charge in [-0.1, -0.05) is 25.7 Å². The number of carbonyl (C=O) groups is 2. The van der Waals surface area contributed by atoms with Crippen molar-refractivity contribution >= 4 is 29.1 Å². The summed E-state index contributed by atoms with van der Waals surface area (Å²) in [5.74, 6) is 0.217. The van der Waals surface area contributed by atoms with Crippen LogP contribution in [-0.2, 0) is 4.79 Å². The van der Waals surface area contributed by atoms with Crippen LogP contribution in [0, 0.1) is 0 Å². The van der Waals surface area contributed by atoms with E-state index in [1.165, 1.54) is 32.1 Å². The Kier molecular flexibility index (Phi) is 8.78. The molecule has 2 saturated heterocycles. The van der Waals surface area contributed by atoms with E-state index in [2.05, 4.69) is 14.8 Å². The monoisotopic (exact) mass is 445 g/mol. The Balaban J connectivity index is 1.21. The van der Waals surface area contributed by atoms with Crippen molar-refractivity contribution in [1.29, 1.82) is 0 Å². The van der Waals surface area contributed by atoms with Gasteiger partial charge in [0.1, 0.15) is 6.04 Å². The lowest BCUT2D eigenvalue weighted by molar-refractivity contribution is -0.126. The first kappa shape index (κ1) is 23.6. The average molecular weight is 446 g/mol. The summed E-state index contributed by atoms with van der Waals surface area (Å²) in [6.45, 7) is 7.44. The second-order valence-corrected chi connectivity index (χ2v) is 8.91. The molecule has 3 rings (SSSR count). The third-order valence-electron chi connectivity index (χ3n) is 6.40. The van der Waals surface area contributed by atoms with Crippen LogP contribution in [0.1, 0.15) is 55.8 Å². The highest BCUT2D eigenvalue weighted by molar-refractivity contribution is 7.80. The van der Waals surface area contributed by atoms with E-state index in [0.717, 1.165) is 51.3 Å². The molecule has 2 aliphatic heterocycles. The van der Waals surface area contributed by atoms with E-state index in [-0.39, 0.29) is 17.9 Å². The number of hydrogen-bond donors (Lipinski definition) is 0. The number of pyridine rings is 1. The van der Waals surface area contributed by atoms with Gasteiger partial charge in [-0.3, -0.25) is 24.4 Å². The maximum atomic E-state index is 12.5. The fraction of sp³-hybridized carbons (Fsp3) is 0.652. The molecule has 0 N–H and O–H groups in total. The molecule has 0 aliphatic carbocycles. The predicted octanol–water partition coefficient (Wildman–Crippen LogP) is 2.63. The summed E-state index contributed by atoms with van der Waals surface area (Å²) in [6.07, 6.45) is 10.5. The van der Waals surface area contributed by atoms with Crippen molar-refractivity contribution in [2.75, 3.05) is 46.3 Å². The molecule has 170 valence electrons. The Hall–Kier alpha value is -2.06. The molecule has 1 aromatic rings. The first-order valence-corrected chi connectivity index (χ1v) is 11.9. The fourth-order valence-corrected chi connectivity index (χ4v) is 4.67. The number of nitrogens with zero attached hydrogens (tertiary/aromatic N) is 5. The zero-order valence-electron chi connectivity index (χ0n) is 18.8. The zero-order valence-corrected chi connectivity index (χ0v) is 19.6. The largest absolute Gasteiger partial charge is 0.337 e. The molecule has 2 aliphatic rings. The Morgan fingerprint density at radius 1 is 1.00 bits per heavy atom. The molecule has 31 heavy (non-hydrogen) atoms. The van der Waals surface area contributed by atoms with E-state index in [4.69, 9.17) is 12.2 Å². The van der Waals surface area contributed by atoms with Crippen molar-refractivity contribution in [2.45, 2.75) is 51.5 Å². The van der Waals surface area contributed by atoms with E-state index < -0.39 is 0 Å². The minimum absolute atomic E-state index is 0.104. The van der Waals surface area contributed by atoms with Crippen LogP contribution in [0.5, 0.6) is 0 Å². The molecule has 2 fully saturated rings. The van der Waals surface area contributed by atoms with Crippen LogP contribution in [0.3, 0.4) is 0 Å². The zero-order chi connectivity index (χ0) is 22.2. The lowest BCUT2D eigenvalue weighted by atomic mass is 10.1. The van der Waals surface area contributed by atoms with Crippen molar-refractivity contribution < 1.29 is 9.59 Å². The van der Waals surface area contributed by atoms with Gasteiger partial charge in [-0.2, -0.15) is 0 Å². The highest BCUT2D eigenvalue weighted by Crippen LogP contribution is 2.17.